The van der Waals surface area contributed by atoms with Crippen molar-refractivity contribution in [2.75, 3.05) is 0 Å². The Balaban J connectivity index is 1.54. The Morgan fingerprint density at radius 1 is 0.410 bits per heavy atom. The molecular formula is C36H25BOSi. The summed E-state index contributed by atoms with van der Waals surface area (Å²) in [5.41, 5.74) is 6.56. The zero-order valence-corrected chi connectivity index (χ0v) is 22.4. The van der Waals surface area contributed by atoms with Gasteiger partial charge in [0, 0.05) is 0 Å². The van der Waals surface area contributed by atoms with Crippen LogP contribution in [0.15, 0.2) is 152 Å². The molecule has 3 heteroatoms. The van der Waals surface area contributed by atoms with Crippen LogP contribution in [0.4, 0.5) is 0 Å². The molecule has 0 saturated carbocycles. The van der Waals surface area contributed by atoms with Crippen LogP contribution in [0.25, 0.3) is 11.1 Å². The molecule has 0 unspecified atom stereocenters. The van der Waals surface area contributed by atoms with Gasteiger partial charge in [-0.15, -0.1) is 0 Å². The van der Waals surface area contributed by atoms with E-state index in [1.807, 2.05) is 0 Å². The zero-order chi connectivity index (χ0) is 25.8. The van der Waals surface area contributed by atoms with Gasteiger partial charge >= 0.3 is 0 Å². The van der Waals surface area contributed by atoms with E-state index in [1.165, 1.54) is 48.3 Å². The lowest BCUT2D eigenvalue weighted by molar-refractivity contribution is 0.487. The summed E-state index contributed by atoms with van der Waals surface area (Å²) in [6, 6.07) is 55.7. The maximum absolute atomic E-state index is 6.44. The van der Waals surface area contributed by atoms with Crippen LogP contribution >= 0.6 is 0 Å². The number of rotatable bonds is 3. The predicted molar refractivity (Wildman–Crippen MR) is 167 cm³/mol. The molecule has 0 atom stereocenters. The molecule has 0 saturated heterocycles. The fourth-order valence-electron chi connectivity index (χ4n) is 7.02. The van der Waals surface area contributed by atoms with E-state index in [1.54, 1.807) is 0 Å². The predicted octanol–water partition coefficient (Wildman–Crippen LogP) is 3.67. The third-order valence-electron chi connectivity index (χ3n) is 8.50. The van der Waals surface area contributed by atoms with Crippen LogP contribution < -0.4 is 41.9 Å². The topological polar surface area (TPSA) is 9.23 Å². The van der Waals surface area contributed by atoms with Crippen LogP contribution in [0.1, 0.15) is 0 Å². The molecular weight excluding hydrogens is 487 g/mol. The fourth-order valence-corrected chi connectivity index (χ4v) is 12.5. The average Bonchev–Trinajstić information content (AvgIpc) is 3.32. The molecule has 2 aliphatic rings. The van der Waals surface area contributed by atoms with Gasteiger partial charge in [0.2, 0.25) is 0 Å². The number of hydrogen-bond acceptors (Lipinski definition) is 1. The minimum absolute atomic E-state index is 0.0784. The van der Waals surface area contributed by atoms with Crippen LogP contribution in [-0.2, 0) is 0 Å². The third kappa shape index (κ3) is 3.14. The Hall–Kier alpha value is -4.60. The highest BCUT2D eigenvalue weighted by Gasteiger charge is 2.51. The van der Waals surface area contributed by atoms with Gasteiger partial charge in [-0.05, 0) is 54.9 Å². The van der Waals surface area contributed by atoms with E-state index < -0.39 is 8.07 Å². The van der Waals surface area contributed by atoms with Gasteiger partial charge in [-0.25, -0.2) is 0 Å². The summed E-state index contributed by atoms with van der Waals surface area (Å²) in [5, 5.41) is 5.81. The number of hydrogen-bond donors (Lipinski definition) is 0. The number of ether oxygens (including phenoxy) is 1. The molecule has 0 fully saturated rings. The zero-order valence-electron chi connectivity index (χ0n) is 21.4. The van der Waals surface area contributed by atoms with Gasteiger partial charge in [-0.2, -0.15) is 0 Å². The first-order valence-corrected chi connectivity index (χ1v) is 15.6. The molecule has 0 bridgehead atoms. The first kappa shape index (κ1) is 22.4. The Kier molecular flexibility index (Phi) is 5.01. The van der Waals surface area contributed by atoms with Gasteiger partial charge in [0.15, 0.2) is 8.07 Å². The summed E-state index contributed by atoms with van der Waals surface area (Å²) in [6.07, 6.45) is 0. The van der Waals surface area contributed by atoms with Gasteiger partial charge in [0.25, 0.3) is 6.71 Å². The van der Waals surface area contributed by atoms with E-state index in [4.69, 9.17) is 4.74 Å². The van der Waals surface area contributed by atoms with E-state index in [0.29, 0.717) is 0 Å². The van der Waals surface area contributed by atoms with E-state index in [9.17, 15) is 0 Å². The van der Waals surface area contributed by atoms with Crippen LogP contribution in [0, 0.1) is 0 Å². The minimum atomic E-state index is -2.64. The lowest BCUT2D eigenvalue weighted by Gasteiger charge is -2.35. The largest absolute Gasteiger partial charge is 0.458 e. The molecule has 1 nitrogen and oxygen atoms in total. The van der Waals surface area contributed by atoms with E-state index in [-0.39, 0.29) is 6.71 Å². The molecule has 0 aliphatic carbocycles. The maximum atomic E-state index is 6.44. The second-order valence-electron chi connectivity index (χ2n) is 10.4. The van der Waals surface area contributed by atoms with Gasteiger partial charge in [-0.1, -0.05) is 145 Å². The van der Waals surface area contributed by atoms with Crippen molar-refractivity contribution in [1.29, 1.82) is 0 Å². The number of fused-ring (bicyclic) bond motifs is 5. The molecule has 182 valence electrons. The van der Waals surface area contributed by atoms with E-state index in [0.717, 1.165) is 11.5 Å². The Labute approximate surface area is 230 Å². The highest BCUT2D eigenvalue weighted by molar-refractivity contribution is 7.24. The molecule has 6 aromatic rings. The summed E-state index contributed by atoms with van der Waals surface area (Å²) >= 11 is 0. The highest BCUT2D eigenvalue weighted by atomic mass is 28.3. The minimum Gasteiger partial charge on any atom is -0.458 e. The Morgan fingerprint density at radius 3 is 1.54 bits per heavy atom. The van der Waals surface area contributed by atoms with Crippen LogP contribution in [0.5, 0.6) is 11.5 Å². The monoisotopic (exact) mass is 512 g/mol. The van der Waals surface area contributed by atoms with Crippen LogP contribution in [0.3, 0.4) is 0 Å². The number of benzene rings is 6. The van der Waals surface area contributed by atoms with E-state index >= 15 is 0 Å². The molecule has 0 spiro atoms. The summed E-state index contributed by atoms with van der Waals surface area (Å²) in [7, 11) is -2.64. The Bertz CT molecular complexity index is 1760. The molecule has 8 rings (SSSR count). The summed E-state index contributed by atoms with van der Waals surface area (Å²) < 4.78 is 6.44. The quantitative estimate of drug-likeness (QED) is 0.329. The molecule has 2 aliphatic heterocycles. The summed E-state index contributed by atoms with van der Waals surface area (Å²) in [5.74, 6) is 1.89. The SMILES string of the molecule is c1ccc([Si]2(c3ccccc3)c3ccccc3-c3cccc(B4c5ccccc5Oc5ccccc54)c32)cc1. The molecule has 0 aromatic heterocycles. The molecule has 0 N–H and O–H groups in total. The maximum Gasteiger partial charge on any atom is 0.250 e. The second-order valence-corrected chi connectivity index (χ2v) is 14.1. The lowest BCUT2D eigenvalue weighted by Crippen LogP contribution is -2.77. The third-order valence-corrected chi connectivity index (χ3v) is 13.4. The van der Waals surface area contributed by atoms with Gasteiger partial charge in [0.1, 0.15) is 11.5 Å². The van der Waals surface area contributed by atoms with E-state index in [2.05, 4.69) is 152 Å². The molecule has 2 heterocycles. The lowest BCUT2D eigenvalue weighted by atomic mass is 9.35. The Morgan fingerprint density at radius 2 is 0.897 bits per heavy atom. The average molecular weight is 512 g/mol. The van der Waals surface area contributed by atoms with Crippen molar-refractivity contribution in [3.63, 3.8) is 0 Å². The summed E-state index contributed by atoms with van der Waals surface area (Å²) in [6.45, 7) is 0.0784. The van der Waals surface area contributed by atoms with Gasteiger partial charge < -0.3 is 4.74 Å². The van der Waals surface area contributed by atoms with Crippen molar-refractivity contribution in [2.24, 2.45) is 0 Å². The number of para-hydroxylation sites is 2. The molecule has 6 aromatic carbocycles. The fraction of sp³-hybridized carbons (Fsp3) is 0. The standard InChI is InChI=1S/C36H25BOSi/c1-3-14-26(15-4-1)39(27-16-5-2-6-17-27)35-25-12-7-18-28(35)29-19-13-22-32(36(29)39)37-30-20-8-10-23-33(30)38-34-24-11-9-21-31(34)37/h1-25H. The first-order valence-electron chi connectivity index (χ1n) is 13.6. The smallest absolute Gasteiger partial charge is 0.250 e. The van der Waals surface area contributed by atoms with Crippen molar-refractivity contribution >= 4 is 51.9 Å². The van der Waals surface area contributed by atoms with Crippen molar-refractivity contribution in [3.8, 4) is 22.6 Å². The van der Waals surface area contributed by atoms with Crippen molar-refractivity contribution in [2.45, 2.75) is 0 Å². The van der Waals surface area contributed by atoms with Crippen LogP contribution in [-0.4, -0.2) is 14.8 Å². The normalized spacial score (nSPS) is 14.0. The van der Waals surface area contributed by atoms with Crippen molar-refractivity contribution in [1.82, 2.24) is 0 Å². The van der Waals surface area contributed by atoms with Gasteiger partial charge in [-0.3, -0.25) is 0 Å². The summed E-state index contributed by atoms with van der Waals surface area (Å²) in [4.78, 5) is 0. The molecule has 0 radical (unpaired) electrons. The van der Waals surface area contributed by atoms with Crippen molar-refractivity contribution in [3.05, 3.63) is 152 Å². The highest BCUT2D eigenvalue weighted by Crippen LogP contribution is 2.29. The first-order chi connectivity index (χ1) is 19.4. The van der Waals surface area contributed by atoms with Gasteiger partial charge in [0.05, 0.1) is 0 Å². The molecule has 39 heavy (non-hydrogen) atoms. The second kappa shape index (κ2) is 8.72. The van der Waals surface area contributed by atoms with Crippen molar-refractivity contribution < 1.29 is 4.74 Å². The van der Waals surface area contributed by atoms with Crippen LogP contribution in [0.2, 0.25) is 0 Å². The molecule has 0 amide bonds.